The molecule has 0 fully saturated rings. The molecule has 0 aliphatic heterocycles. The Morgan fingerprint density at radius 2 is 1.53 bits per heavy atom. The Labute approximate surface area is 92.8 Å². The van der Waals surface area contributed by atoms with Crippen LogP contribution >= 0.6 is 0 Å². The van der Waals surface area contributed by atoms with E-state index in [2.05, 4.69) is 37.3 Å². The van der Waals surface area contributed by atoms with E-state index in [-0.39, 0.29) is 0 Å². The van der Waals surface area contributed by atoms with E-state index >= 15 is 0 Å². The Kier molecular flexibility index (Phi) is 6.27. The number of rotatable bonds is 3. The Bertz CT molecular complexity index is 327. The highest BCUT2D eigenvalue weighted by Crippen LogP contribution is 2.30. The Morgan fingerprint density at radius 3 is 1.93 bits per heavy atom. The first-order valence-electron chi connectivity index (χ1n) is 5.26. The molecule has 0 amide bonds. The van der Waals surface area contributed by atoms with Crippen molar-refractivity contribution < 1.29 is 0 Å². The maximum absolute atomic E-state index is 3.90. The fraction of sp³-hybridized carbons (Fsp3) is 0.385. The van der Waals surface area contributed by atoms with Crippen molar-refractivity contribution in [1.82, 2.24) is 0 Å². The lowest BCUT2D eigenvalue weighted by atomic mass is 10.0. The van der Waals surface area contributed by atoms with E-state index in [0.29, 0.717) is 5.92 Å². The van der Waals surface area contributed by atoms with Crippen LogP contribution in [-0.4, -0.2) is 13.4 Å². The lowest BCUT2D eigenvalue weighted by Crippen LogP contribution is -1.85. The van der Waals surface area contributed by atoms with Gasteiger partial charge >= 0.3 is 0 Å². The smallest absolute Gasteiger partial charge is 0.0881 e. The van der Waals surface area contributed by atoms with E-state index in [1.165, 1.54) is 5.56 Å². The van der Waals surface area contributed by atoms with Gasteiger partial charge in [0.15, 0.2) is 0 Å². The predicted molar refractivity (Wildman–Crippen MR) is 70.3 cm³/mol. The fourth-order valence-corrected chi connectivity index (χ4v) is 1.16. The van der Waals surface area contributed by atoms with Crippen molar-refractivity contribution >= 4 is 24.8 Å². The molecule has 0 aromatic heterocycles. The number of nitrogens with zero attached hydrogens (tertiary/aromatic N) is 2. The van der Waals surface area contributed by atoms with Crippen LogP contribution in [0.1, 0.15) is 39.2 Å². The molecule has 0 bridgehead atoms. The third-order valence-corrected chi connectivity index (χ3v) is 2.01. The predicted octanol–water partition coefficient (Wildman–Crippen LogP) is 4.50. The van der Waals surface area contributed by atoms with Crippen LogP contribution in [0.5, 0.6) is 0 Å². The van der Waals surface area contributed by atoms with Crippen LogP contribution in [0.2, 0.25) is 0 Å². The van der Waals surface area contributed by atoms with Crippen molar-refractivity contribution in [2.75, 3.05) is 0 Å². The van der Waals surface area contributed by atoms with Crippen LogP contribution in [-0.2, 0) is 0 Å². The monoisotopic (exact) mass is 204 g/mol. The van der Waals surface area contributed by atoms with Crippen LogP contribution in [0.4, 0.5) is 11.4 Å². The van der Waals surface area contributed by atoms with Crippen molar-refractivity contribution in [2.45, 2.75) is 33.6 Å². The average molecular weight is 204 g/mol. The molecule has 0 aliphatic carbocycles. The summed E-state index contributed by atoms with van der Waals surface area (Å²) in [5.41, 5.74) is 2.84. The van der Waals surface area contributed by atoms with Gasteiger partial charge in [0.1, 0.15) is 0 Å². The summed E-state index contributed by atoms with van der Waals surface area (Å²) in [5, 5.41) is 0. The number of hydrogen-bond acceptors (Lipinski definition) is 2. The highest BCUT2D eigenvalue weighted by molar-refractivity contribution is 5.67. The van der Waals surface area contributed by atoms with Crippen molar-refractivity contribution in [3.8, 4) is 0 Å². The van der Waals surface area contributed by atoms with Gasteiger partial charge in [-0.3, -0.25) is 9.98 Å². The molecular weight excluding hydrogens is 184 g/mol. The first-order valence-corrected chi connectivity index (χ1v) is 5.26. The van der Waals surface area contributed by atoms with Crippen LogP contribution in [0.3, 0.4) is 0 Å². The molecule has 0 saturated heterocycles. The first kappa shape index (κ1) is 13.6. The summed E-state index contributed by atoms with van der Waals surface area (Å²) in [6.45, 7) is 15.3. The molecule has 0 spiro atoms. The molecule has 0 aliphatic rings. The summed E-state index contributed by atoms with van der Waals surface area (Å²) in [6, 6.07) is 5.97. The maximum Gasteiger partial charge on any atom is 0.0881 e. The van der Waals surface area contributed by atoms with E-state index in [9.17, 15) is 0 Å². The van der Waals surface area contributed by atoms with Crippen LogP contribution < -0.4 is 0 Å². The normalized spacial score (nSPS) is 9.13. The molecule has 15 heavy (non-hydrogen) atoms. The molecule has 1 rings (SSSR count). The number of hydrogen-bond donors (Lipinski definition) is 0. The number of benzene rings is 1. The lowest BCUT2D eigenvalue weighted by Gasteiger charge is -2.07. The molecule has 0 N–H and O–H groups in total. The van der Waals surface area contributed by atoms with E-state index < -0.39 is 0 Å². The lowest BCUT2D eigenvalue weighted by molar-refractivity contribution is 0.867. The highest BCUT2D eigenvalue weighted by Gasteiger charge is 2.03. The minimum Gasteiger partial charge on any atom is -0.262 e. The summed E-state index contributed by atoms with van der Waals surface area (Å²) >= 11 is 0. The maximum atomic E-state index is 3.90. The minimum atomic E-state index is 0.499. The van der Waals surface area contributed by atoms with Crippen LogP contribution in [0.15, 0.2) is 28.2 Å². The van der Waals surface area contributed by atoms with Crippen molar-refractivity contribution in [3.05, 3.63) is 23.8 Å². The van der Waals surface area contributed by atoms with E-state index in [1.54, 1.807) is 0 Å². The van der Waals surface area contributed by atoms with Gasteiger partial charge in [-0.25, -0.2) is 0 Å². The van der Waals surface area contributed by atoms with Gasteiger partial charge in [-0.2, -0.15) is 0 Å². The van der Waals surface area contributed by atoms with Crippen molar-refractivity contribution in [3.63, 3.8) is 0 Å². The zero-order valence-electron chi connectivity index (χ0n) is 10.1. The molecule has 0 heterocycles. The van der Waals surface area contributed by atoms with Gasteiger partial charge < -0.3 is 0 Å². The molecule has 1 aromatic carbocycles. The second kappa shape index (κ2) is 6.93. The topological polar surface area (TPSA) is 24.7 Å². The van der Waals surface area contributed by atoms with E-state index in [0.717, 1.165) is 11.4 Å². The van der Waals surface area contributed by atoms with Crippen molar-refractivity contribution in [2.24, 2.45) is 9.98 Å². The van der Waals surface area contributed by atoms with Gasteiger partial charge in [0.25, 0.3) is 0 Å². The quantitative estimate of drug-likeness (QED) is 0.648. The second-order valence-corrected chi connectivity index (χ2v) is 3.22. The van der Waals surface area contributed by atoms with Gasteiger partial charge in [0.05, 0.1) is 11.4 Å². The summed E-state index contributed by atoms with van der Waals surface area (Å²) in [6.07, 6.45) is 0. The van der Waals surface area contributed by atoms with Gasteiger partial charge in [0.2, 0.25) is 0 Å². The van der Waals surface area contributed by atoms with E-state index in [1.807, 2.05) is 32.0 Å². The summed E-state index contributed by atoms with van der Waals surface area (Å²) in [5.74, 6) is 0.499. The summed E-state index contributed by atoms with van der Waals surface area (Å²) in [4.78, 5) is 7.76. The van der Waals surface area contributed by atoms with Gasteiger partial charge in [-0.05, 0) is 37.0 Å². The largest absolute Gasteiger partial charge is 0.262 e. The zero-order valence-corrected chi connectivity index (χ0v) is 10.1. The Balaban J connectivity index is 0.000000921. The van der Waals surface area contributed by atoms with E-state index in [4.69, 9.17) is 0 Å². The van der Waals surface area contributed by atoms with Gasteiger partial charge in [0, 0.05) is 0 Å². The standard InChI is InChI=1S/C11H14N2.C2H6/c1-8(2)9-5-6-10(12-3)11(7-9)13-4;1-2/h5-8H,3-4H2,1-2H3;1-2H3. The van der Waals surface area contributed by atoms with Crippen molar-refractivity contribution in [1.29, 1.82) is 0 Å². The third-order valence-electron chi connectivity index (χ3n) is 2.01. The molecule has 2 heteroatoms. The fourth-order valence-electron chi connectivity index (χ4n) is 1.16. The van der Waals surface area contributed by atoms with Gasteiger partial charge in [-0.15, -0.1) is 0 Å². The first-order chi connectivity index (χ1) is 7.19. The molecule has 2 nitrogen and oxygen atoms in total. The molecule has 0 radical (unpaired) electrons. The third kappa shape index (κ3) is 3.66. The minimum absolute atomic E-state index is 0.499. The Morgan fingerprint density at radius 1 is 1.00 bits per heavy atom. The van der Waals surface area contributed by atoms with Crippen LogP contribution in [0.25, 0.3) is 0 Å². The van der Waals surface area contributed by atoms with Crippen LogP contribution in [0, 0.1) is 0 Å². The second-order valence-electron chi connectivity index (χ2n) is 3.22. The van der Waals surface area contributed by atoms with Gasteiger partial charge in [-0.1, -0.05) is 33.8 Å². The molecular formula is C13H20N2. The average Bonchev–Trinajstić information content (AvgIpc) is 2.30. The SMILES string of the molecule is C=Nc1ccc(C(C)C)cc1N=C.CC. The molecule has 0 unspecified atom stereocenters. The highest BCUT2D eigenvalue weighted by atomic mass is 14.8. The molecule has 0 atom stereocenters. The molecule has 0 saturated carbocycles. The molecule has 82 valence electrons. The Hall–Kier alpha value is -1.44. The molecule has 1 aromatic rings. The summed E-state index contributed by atoms with van der Waals surface area (Å²) < 4.78 is 0. The number of aliphatic imine (C=N–C) groups is 2. The zero-order chi connectivity index (χ0) is 11.8. The summed E-state index contributed by atoms with van der Waals surface area (Å²) in [7, 11) is 0.